The van der Waals surface area contributed by atoms with Gasteiger partial charge in [-0.1, -0.05) is 0 Å². The first-order valence-electron chi connectivity index (χ1n) is 6.31. The maximum Gasteiger partial charge on any atom is 0.339 e. The molecule has 1 aromatic heterocycles. The molecule has 0 radical (unpaired) electrons. The molecule has 0 spiro atoms. The molecule has 20 heavy (non-hydrogen) atoms. The summed E-state index contributed by atoms with van der Waals surface area (Å²) in [5.41, 5.74) is 1.30. The number of nitrogens with zero attached hydrogens (tertiary/aromatic N) is 2. The standard InChI is InChI=1S/C15H18N2O3/c1-15(2,3)17-13(12(9-16-17)14(18)19)10-5-7-11(20-4)8-6-10/h5-9H,1-4H3,(H,18,19). The van der Waals surface area contributed by atoms with Crippen LogP contribution in [0, 0.1) is 0 Å². The van der Waals surface area contributed by atoms with Crippen molar-refractivity contribution in [2.24, 2.45) is 0 Å². The molecule has 5 nitrogen and oxygen atoms in total. The number of methoxy groups -OCH3 is 1. The van der Waals surface area contributed by atoms with E-state index in [1.54, 1.807) is 23.9 Å². The molecule has 1 N–H and O–H groups in total. The van der Waals surface area contributed by atoms with Gasteiger partial charge in [-0.05, 0) is 45.0 Å². The van der Waals surface area contributed by atoms with Gasteiger partial charge in [0.15, 0.2) is 0 Å². The van der Waals surface area contributed by atoms with Gasteiger partial charge in [-0.25, -0.2) is 4.79 Å². The highest BCUT2D eigenvalue weighted by Gasteiger charge is 2.24. The number of aromatic nitrogens is 2. The first-order valence-corrected chi connectivity index (χ1v) is 6.31. The Labute approximate surface area is 117 Å². The van der Waals surface area contributed by atoms with Gasteiger partial charge < -0.3 is 9.84 Å². The summed E-state index contributed by atoms with van der Waals surface area (Å²) in [4.78, 5) is 11.4. The molecule has 0 fully saturated rings. The van der Waals surface area contributed by atoms with Crippen LogP contribution in [0.25, 0.3) is 11.3 Å². The van der Waals surface area contributed by atoms with Crippen LogP contribution in [0.5, 0.6) is 5.75 Å². The van der Waals surface area contributed by atoms with Crippen molar-refractivity contribution in [3.8, 4) is 17.0 Å². The van der Waals surface area contributed by atoms with Crippen molar-refractivity contribution in [2.75, 3.05) is 7.11 Å². The monoisotopic (exact) mass is 274 g/mol. The number of carbonyl (C=O) groups is 1. The van der Waals surface area contributed by atoms with E-state index in [0.717, 1.165) is 11.3 Å². The molecular formula is C15H18N2O3. The Morgan fingerprint density at radius 2 is 1.85 bits per heavy atom. The number of hydrogen-bond donors (Lipinski definition) is 1. The van der Waals surface area contributed by atoms with Gasteiger partial charge in [0.2, 0.25) is 0 Å². The highest BCUT2D eigenvalue weighted by Crippen LogP contribution is 2.30. The van der Waals surface area contributed by atoms with Gasteiger partial charge in [-0.3, -0.25) is 4.68 Å². The average molecular weight is 274 g/mol. The first-order chi connectivity index (χ1) is 9.34. The number of hydrogen-bond acceptors (Lipinski definition) is 3. The van der Waals surface area contributed by atoms with Crippen molar-refractivity contribution < 1.29 is 14.6 Å². The van der Waals surface area contributed by atoms with Crippen LogP contribution in [0.3, 0.4) is 0 Å². The van der Waals surface area contributed by atoms with E-state index in [0.29, 0.717) is 5.69 Å². The van der Waals surface area contributed by atoms with E-state index < -0.39 is 5.97 Å². The van der Waals surface area contributed by atoms with Crippen LogP contribution >= 0.6 is 0 Å². The van der Waals surface area contributed by atoms with E-state index in [2.05, 4.69) is 5.10 Å². The van der Waals surface area contributed by atoms with Gasteiger partial charge in [0.25, 0.3) is 0 Å². The molecule has 0 aliphatic heterocycles. The van der Waals surface area contributed by atoms with Crippen LogP contribution in [0.4, 0.5) is 0 Å². The lowest BCUT2D eigenvalue weighted by Gasteiger charge is -2.23. The normalized spacial score (nSPS) is 11.4. The molecule has 0 saturated heterocycles. The lowest BCUT2D eigenvalue weighted by molar-refractivity contribution is 0.0697. The Balaban J connectivity index is 2.63. The van der Waals surface area contributed by atoms with Crippen molar-refractivity contribution in [1.29, 1.82) is 0 Å². The van der Waals surface area contributed by atoms with Gasteiger partial charge in [0.1, 0.15) is 11.3 Å². The molecule has 0 atom stereocenters. The minimum absolute atomic E-state index is 0.199. The van der Waals surface area contributed by atoms with Gasteiger partial charge in [-0.15, -0.1) is 0 Å². The predicted octanol–water partition coefficient (Wildman–Crippen LogP) is 3.01. The van der Waals surface area contributed by atoms with Crippen LogP contribution in [0.1, 0.15) is 31.1 Å². The van der Waals surface area contributed by atoms with Crippen molar-refractivity contribution in [2.45, 2.75) is 26.3 Å². The third-order valence-corrected chi connectivity index (χ3v) is 3.00. The van der Waals surface area contributed by atoms with Gasteiger partial charge in [-0.2, -0.15) is 5.10 Å². The summed E-state index contributed by atoms with van der Waals surface area (Å²) >= 11 is 0. The SMILES string of the molecule is COc1ccc(-c2c(C(=O)O)cnn2C(C)(C)C)cc1. The third-order valence-electron chi connectivity index (χ3n) is 3.00. The van der Waals surface area contributed by atoms with E-state index in [1.807, 2.05) is 32.9 Å². The zero-order chi connectivity index (χ0) is 14.9. The zero-order valence-electron chi connectivity index (χ0n) is 12.0. The molecule has 106 valence electrons. The van der Waals surface area contributed by atoms with Gasteiger partial charge in [0.05, 0.1) is 24.5 Å². The Kier molecular flexibility index (Phi) is 3.53. The number of carboxylic acids is 1. The van der Waals surface area contributed by atoms with E-state index in [9.17, 15) is 9.90 Å². The third kappa shape index (κ3) is 2.52. The summed E-state index contributed by atoms with van der Waals surface area (Å²) in [5, 5.41) is 13.6. The van der Waals surface area contributed by atoms with Crippen LogP contribution in [-0.2, 0) is 5.54 Å². The highest BCUT2D eigenvalue weighted by molar-refractivity contribution is 5.94. The number of benzene rings is 1. The number of rotatable bonds is 3. The van der Waals surface area contributed by atoms with Crippen LogP contribution < -0.4 is 4.74 Å². The van der Waals surface area contributed by atoms with Crippen LogP contribution in [-0.4, -0.2) is 28.0 Å². The summed E-state index contributed by atoms with van der Waals surface area (Å²) in [6.07, 6.45) is 1.40. The molecule has 1 heterocycles. The molecule has 0 aliphatic rings. The summed E-state index contributed by atoms with van der Waals surface area (Å²) in [6.45, 7) is 5.95. The molecule has 0 bridgehead atoms. The number of carboxylic acid groups (broad SMARTS) is 1. The Morgan fingerprint density at radius 3 is 2.30 bits per heavy atom. The molecule has 5 heteroatoms. The lowest BCUT2D eigenvalue weighted by Crippen LogP contribution is -2.24. The quantitative estimate of drug-likeness (QED) is 0.934. The molecule has 0 saturated carbocycles. The van der Waals surface area contributed by atoms with Gasteiger partial charge >= 0.3 is 5.97 Å². The molecule has 0 amide bonds. The highest BCUT2D eigenvalue weighted by atomic mass is 16.5. The maximum atomic E-state index is 11.4. The molecule has 2 rings (SSSR count). The van der Waals surface area contributed by atoms with E-state index in [4.69, 9.17) is 4.74 Å². The fourth-order valence-corrected chi connectivity index (χ4v) is 2.04. The summed E-state index contributed by atoms with van der Waals surface area (Å²) in [7, 11) is 1.59. The maximum absolute atomic E-state index is 11.4. The smallest absolute Gasteiger partial charge is 0.339 e. The Morgan fingerprint density at radius 1 is 1.25 bits per heavy atom. The number of ether oxygens (including phenoxy) is 1. The second-order valence-corrected chi connectivity index (χ2v) is 5.52. The largest absolute Gasteiger partial charge is 0.497 e. The molecule has 1 aromatic carbocycles. The molecule has 0 unspecified atom stereocenters. The molecule has 2 aromatic rings. The summed E-state index contributed by atoms with van der Waals surface area (Å²) in [6, 6.07) is 7.29. The fraction of sp³-hybridized carbons (Fsp3) is 0.333. The van der Waals surface area contributed by atoms with Crippen molar-refractivity contribution >= 4 is 5.97 Å². The topological polar surface area (TPSA) is 64.3 Å². The minimum atomic E-state index is -0.980. The number of aromatic carboxylic acids is 1. The minimum Gasteiger partial charge on any atom is -0.497 e. The fourth-order valence-electron chi connectivity index (χ4n) is 2.04. The Bertz CT molecular complexity index is 622. The van der Waals surface area contributed by atoms with Crippen molar-refractivity contribution in [1.82, 2.24) is 9.78 Å². The van der Waals surface area contributed by atoms with Crippen molar-refractivity contribution in [3.63, 3.8) is 0 Å². The lowest BCUT2D eigenvalue weighted by atomic mass is 10.0. The molecular weight excluding hydrogens is 256 g/mol. The zero-order valence-corrected chi connectivity index (χ0v) is 12.0. The second-order valence-electron chi connectivity index (χ2n) is 5.52. The Hall–Kier alpha value is -2.30. The van der Waals surface area contributed by atoms with Crippen molar-refractivity contribution in [3.05, 3.63) is 36.0 Å². The summed E-state index contributed by atoms with van der Waals surface area (Å²) in [5.74, 6) is -0.251. The average Bonchev–Trinajstić information content (AvgIpc) is 2.83. The first kappa shape index (κ1) is 14.1. The van der Waals surface area contributed by atoms with E-state index >= 15 is 0 Å². The van der Waals surface area contributed by atoms with Gasteiger partial charge in [0, 0.05) is 5.56 Å². The summed E-state index contributed by atoms with van der Waals surface area (Å²) < 4.78 is 6.86. The van der Waals surface area contributed by atoms with E-state index in [-0.39, 0.29) is 11.1 Å². The van der Waals surface area contributed by atoms with Crippen LogP contribution in [0.15, 0.2) is 30.5 Å². The van der Waals surface area contributed by atoms with E-state index in [1.165, 1.54) is 6.20 Å². The molecule has 0 aliphatic carbocycles. The predicted molar refractivity (Wildman–Crippen MR) is 76.2 cm³/mol. The van der Waals surface area contributed by atoms with Crippen LogP contribution in [0.2, 0.25) is 0 Å². The second kappa shape index (κ2) is 5.00.